The maximum absolute atomic E-state index is 12.4. The molecule has 0 aromatic carbocycles. The number of carbonyl (C=O) groups excluding carboxylic acids is 1. The number of carbonyl (C=O) groups is 1. The van der Waals surface area contributed by atoms with Crippen LogP contribution in [0.1, 0.15) is 31.0 Å². The van der Waals surface area contributed by atoms with Crippen LogP contribution in [-0.2, 0) is 11.2 Å². The molecule has 4 heteroatoms. The van der Waals surface area contributed by atoms with Crippen molar-refractivity contribution < 1.29 is 4.79 Å². The molecule has 1 aromatic rings. The summed E-state index contributed by atoms with van der Waals surface area (Å²) in [7, 11) is 0. The largest absolute Gasteiger partial charge is 0.338 e. The number of hydrogen-bond donors (Lipinski definition) is 1. The van der Waals surface area contributed by atoms with Gasteiger partial charge in [0, 0.05) is 31.0 Å². The lowest BCUT2D eigenvalue weighted by molar-refractivity contribution is -0.134. The van der Waals surface area contributed by atoms with E-state index in [0.717, 1.165) is 30.6 Å². The van der Waals surface area contributed by atoms with Crippen LogP contribution >= 0.6 is 0 Å². The number of nitrogens with two attached hydrogens (primary N) is 1. The molecule has 0 aliphatic carbocycles. The van der Waals surface area contributed by atoms with Gasteiger partial charge in [-0.05, 0) is 37.3 Å². The topological polar surface area (TPSA) is 59.2 Å². The summed E-state index contributed by atoms with van der Waals surface area (Å²) in [6.45, 7) is 5.57. The van der Waals surface area contributed by atoms with E-state index in [1.807, 2.05) is 24.0 Å². The minimum absolute atomic E-state index is 0.174. The summed E-state index contributed by atoms with van der Waals surface area (Å²) in [5.41, 5.74) is 7.75. The molecular weight excluding hydrogens is 238 g/mol. The molecule has 1 amide bonds. The standard InChI is InChI=1S/C15H23N3O/c1-11-5-6-18(14(7-11)9-16)15(19)8-13-4-3-12(2)17-10-13/h3-4,10-11,14H,5-9,16H2,1-2H3. The molecule has 1 aliphatic rings. The highest BCUT2D eigenvalue weighted by atomic mass is 16.2. The Morgan fingerprint density at radius 2 is 2.32 bits per heavy atom. The van der Waals surface area contributed by atoms with Crippen molar-refractivity contribution in [2.75, 3.05) is 13.1 Å². The molecule has 2 rings (SSSR count). The van der Waals surface area contributed by atoms with Gasteiger partial charge in [0.15, 0.2) is 0 Å². The third-order valence-electron chi connectivity index (χ3n) is 3.90. The molecule has 2 N–H and O–H groups in total. The summed E-state index contributed by atoms with van der Waals surface area (Å²) in [5.74, 6) is 0.839. The van der Waals surface area contributed by atoms with Crippen molar-refractivity contribution in [2.24, 2.45) is 11.7 Å². The maximum atomic E-state index is 12.4. The lowest BCUT2D eigenvalue weighted by Crippen LogP contribution is -2.49. The molecule has 0 saturated carbocycles. The molecule has 1 aliphatic heterocycles. The van der Waals surface area contributed by atoms with Crippen LogP contribution in [0.2, 0.25) is 0 Å². The van der Waals surface area contributed by atoms with Crippen LogP contribution in [0.25, 0.3) is 0 Å². The van der Waals surface area contributed by atoms with Crippen molar-refractivity contribution in [1.82, 2.24) is 9.88 Å². The van der Waals surface area contributed by atoms with E-state index in [1.165, 1.54) is 0 Å². The van der Waals surface area contributed by atoms with Gasteiger partial charge in [0.2, 0.25) is 5.91 Å². The quantitative estimate of drug-likeness (QED) is 0.897. The Labute approximate surface area is 115 Å². The van der Waals surface area contributed by atoms with Crippen LogP contribution < -0.4 is 5.73 Å². The first-order chi connectivity index (χ1) is 9.10. The van der Waals surface area contributed by atoms with Gasteiger partial charge < -0.3 is 10.6 Å². The van der Waals surface area contributed by atoms with Crippen molar-refractivity contribution >= 4 is 5.91 Å². The Hall–Kier alpha value is -1.42. The number of aromatic nitrogens is 1. The van der Waals surface area contributed by atoms with Gasteiger partial charge in [-0.25, -0.2) is 0 Å². The van der Waals surface area contributed by atoms with Gasteiger partial charge in [0.25, 0.3) is 0 Å². The summed E-state index contributed by atoms with van der Waals surface area (Å²) < 4.78 is 0. The van der Waals surface area contributed by atoms with Crippen LogP contribution in [0.4, 0.5) is 0 Å². The zero-order chi connectivity index (χ0) is 13.8. The highest BCUT2D eigenvalue weighted by Crippen LogP contribution is 2.22. The highest BCUT2D eigenvalue weighted by Gasteiger charge is 2.28. The Morgan fingerprint density at radius 1 is 1.53 bits per heavy atom. The third kappa shape index (κ3) is 3.53. The number of likely N-dealkylation sites (tertiary alicyclic amines) is 1. The van der Waals surface area contributed by atoms with E-state index in [0.29, 0.717) is 18.9 Å². The predicted octanol–water partition coefficient (Wildman–Crippen LogP) is 1.52. The first kappa shape index (κ1) is 14.0. The number of piperidine rings is 1. The van der Waals surface area contributed by atoms with E-state index in [9.17, 15) is 4.79 Å². The Bertz CT molecular complexity index is 430. The molecule has 104 valence electrons. The molecule has 4 nitrogen and oxygen atoms in total. The molecule has 1 aromatic heterocycles. The molecule has 2 atom stereocenters. The fourth-order valence-corrected chi connectivity index (χ4v) is 2.68. The Morgan fingerprint density at radius 3 is 2.95 bits per heavy atom. The molecular formula is C15H23N3O. The summed E-state index contributed by atoms with van der Waals surface area (Å²) in [4.78, 5) is 18.6. The fourth-order valence-electron chi connectivity index (χ4n) is 2.68. The van der Waals surface area contributed by atoms with Gasteiger partial charge >= 0.3 is 0 Å². The van der Waals surface area contributed by atoms with Crippen LogP contribution in [0.5, 0.6) is 0 Å². The number of aryl methyl sites for hydroxylation is 1. The Balaban J connectivity index is 2.00. The first-order valence-electron chi connectivity index (χ1n) is 7.01. The fraction of sp³-hybridized carbons (Fsp3) is 0.600. The molecule has 0 bridgehead atoms. The molecule has 2 heterocycles. The van der Waals surface area contributed by atoms with Gasteiger partial charge in [-0.3, -0.25) is 9.78 Å². The third-order valence-corrected chi connectivity index (χ3v) is 3.90. The highest BCUT2D eigenvalue weighted by molar-refractivity contribution is 5.79. The monoisotopic (exact) mass is 261 g/mol. The second kappa shape index (κ2) is 6.15. The van der Waals surface area contributed by atoms with Crippen molar-refractivity contribution in [3.63, 3.8) is 0 Å². The van der Waals surface area contributed by atoms with E-state index < -0.39 is 0 Å². The Kier molecular flexibility index (Phi) is 4.53. The number of nitrogens with zero attached hydrogens (tertiary/aromatic N) is 2. The van der Waals surface area contributed by atoms with Crippen LogP contribution in [-0.4, -0.2) is 34.9 Å². The average Bonchev–Trinajstić information content (AvgIpc) is 2.41. The summed E-state index contributed by atoms with van der Waals surface area (Å²) in [5, 5.41) is 0. The van der Waals surface area contributed by atoms with Gasteiger partial charge in [0.05, 0.1) is 6.42 Å². The van der Waals surface area contributed by atoms with Gasteiger partial charge in [-0.2, -0.15) is 0 Å². The molecule has 19 heavy (non-hydrogen) atoms. The zero-order valence-electron chi connectivity index (χ0n) is 11.8. The zero-order valence-corrected chi connectivity index (χ0v) is 11.8. The van der Waals surface area contributed by atoms with Crippen molar-refractivity contribution in [3.05, 3.63) is 29.6 Å². The van der Waals surface area contributed by atoms with E-state index in [4.69, 9.17) is 5.73 Å². The number of pyridine rings is 1. The van der Waals surface area contributed by atoms with Crippen molar-refractivity contribution in [1.29, 1.82) is 0 Å². The number of hydrogen-bond acceptors (Lipinski definition) is 3. The molecule has 0 spiro atoms. The van der Waals surface area contributed by atoms with Gasteiger partial charge in [-0.1, -0.05) is 13.0 Å². The molecule has 1 fully saturated rings. The summed E-state index contributed by atoms with van der Waals surface area (Å²) in [6, 6.07) is 4.13. The van der Waals surface area contributed by atoms with Gasteiger partial charge in [-0.15, -0.1) is 0 Å². The minimum atomic E-state index is 0.174. The first-order valence-corrected chi connectivity index (χ1v) is 7.01. The predicted molar refractivity (Wildman–Crippen MR) is 75.6 cm³/mol. The van der Waals surface area contributed by atoms with E-state index in [2.05, 4.69) is 11.9 Å². The van der Waals surface area contributed by atoms with E-state index in [1.54, 1.807) is 6.20 Å². The maximum Gasteiger partial charge on any atom is 0.227 e. The summed E-state index contributed by atoms with van der Waals surface area (Å²) >= 11 is 0. The minimum Gasteiger partial charge on any atom is -0.338 e. The normalized spacial score (nSPS) is 23.4. The smallest absolute Gasteiger partial charge is 0.227 e. The van der Waals surface area contributed by atoms with Crippen LogP contribution in [0, 0.1) is 12.8 Å². The number of rotatable bonds is 3. The molecule has 0 radical (unpaired) electrons. The van der Waals surface area contributed by atoms with Crippen LogP contribution in [0.3, 0.4) is 0 Å². The summed E-state index contributed by atoms with van der Waals surface area (Å²) in [6.07, 6.45) is 4.32. The lowest BCUT2D eigenvalue weighted by atomic mass is 9.92. The second-order valence-corrected chi connectivity index (χ2v) is 5.59. The van der Waals surface area contributed by atoms with Crippen LogP contribution in [0.15, 0.2) is 18.3 Å². The number of amides is 1. The van der Waals surface area contributed by atoms with Crippen molar-refractivity contribution in [3.8, 4) is 0 Å². The lowest BCUT2D eigenvalue weighted by Gasteiger charge is -2.38. The van der Waals surface area contributed by atoms with E-state index in [-0.39, 0.29) is 11.9 Å². The van der Waals surface area contributed by atoms with E-state index >= 15 is 0 Å². The second-order valence-electron chi connectivity index (χ2n) is 5.59. The average molecular weight is 261 g/mol. The molecule has 1 saturated heterocycles. The SMILES string of the molecule is Cc1ccc(CC(=O)N2CCC(C)CC2CN)cn1. The van der Waals surface area contributed by atoms with Crippen molar-refractivity contribution in [2.45, 2.75) is 39.2 Å². The molecule has 2 unspecified atom stereocenters. The van der Waals surface area contributed by atoms with Gasteiger partial charge in [0.1, 0.15) is 0 Å².